The molecule has 2 amide bonds. The summed E-state index contributed by atoms with van der Waals surface area (Å²) in [6, 6.07) is 15.6. The third-order valence-corrected chi connectivity index (χ3v) is 4.96. The summed E-state index contributed by atoms with van der Waals surface area (Å²) in [5, 5.41) is 6.54. The van der Waals surface area contributed by atoms with Crippen molar-refractivity contribution in [1.82, 2.24) is 15.5 Å². The molecule has 27 heavy (non-hydrogen) atoms. The van der Waals surface area contributed by atoms with Gasteiger partial charge in [0.05, 0.1) is 19.3 Å². The SMILES string of the molecule is C[C@@H](NC(=O)NCc1ccc(CN2CCOCC2)cc1)c1ccc(Cl)cc1. The third-order valence-electron chi connectivity index (χ3n) is 4.70. The van der Waals surface area contributed by atoms with Crippen LogP contribution in [0.4, 0.5) is 4.79 Å². The topological polar surface area (TPSA) is 53.6 Å². The molecule has 1 atom stereocenters. The van der Waals surface area contributed by atoms with Gasteiger partial charge in [0.15, 0.2) is 0 Å². The fourth-order valence-corrected chi connectivity index (χ4v) is 3.17. The average Bonchev–Trinajstić information content (AvgIpc) is 2.69. The Bertz CT molecular complexity index is 728. The number of hydrogen-bond donors (Lipinski definition) is 2. The molecule has 144 valence electrons. The Hall–Kier alpha value is -2.08. The van der Waals surface area contributed by atoms with Crippen LogP contribution in [-0.4, -0.2) is 37.2 Å². The Morgan fingerprint density at radius 1 is 1.07 bits per heavy atom. The second-order valence-corrected chi connectivity index (χ2v) is 7.24. The number of nitrogens with zero attached hydrogens (tertiary/aromatic N) is 1. The maximum atomic E-state index is 12.1. The van der Waals surface area contributed by atoms with E-state index >= 15 is 0 Å². The van der Waals surface area contributed by atoms with Crippen molar-refractivity contribution in [3.8, 4) is 0 Å². The van der Waals surface area contributed by atoms with Crippen LogP contribution < -0.4 is 10.6 Å². The van der Waals surface area contributed by atoms with E-state index in [0.29, 0.717) is 11.6 Å². The first-order chi connectivity index (χ1) is 13.1. The second kappa shape index (κ2) is 9.74. The van der Waals surface area contributed by atoms with E-state index < -0.39 is 0 Å². The van der Waals surface area contributed by atoms with E-state index in [1.807, 2.05) is 31.2 Å². The van der Waals surface area contributed by atoms with Crippen molar-refractivity contribution >= 4 is 17.6 Å². The molecular formula is C21H26ClN3O2. The first-order valence-electron chi connectivity index (χ1n) is 9.28. The van der Waals surface area contributed by atoms with Crippen LogP contribution in [0.25, 0.3) is 0 Å². The fraction of sp³-hybridized carbons (Fsp3) is 0.381. The molecule has 0 unspecified atom stereocenters. The van der Waals surface area contributed by atoms with Crippen LogP contribution in [0.2, 0.25) is 5.02 Å². The minimum atomic E-state index is -0.185. The number of carbonyl (C=O) groups excluding carboxylic acids is 1. The molecule has 1 heterocycles. The lowest BCUT2D eigenvalue weighted by atomic mass is 10.1. The molecule has 2 N–H and O–H groups in total. The van der Waals surface area contributed by atoms with Crippen molar-refractivity contribution in [3.63, 3.8) is 0 Å². The van der Waals surface area contributed by atoms with Gasteiger partial charge in [0, 0.05) is 31.2 Å². The van der Waals surface area contributed by atoms with Crippen LogP contribution in [-0.2, 0) is 17.8 Å². The van der Waals surface area contributed by atoms with Crippen molar-refractivity contribution in [2.75, 3.05) is 26.3 Å². The molecule has 0 bridgehead atoms. The summed E-state index contributed by atoms with van der Waals surface area (Å²) in [6.07, 6.45) is 0. The summed E-state index contributed by atoms with van der Waals surface area (Å²) in [4.78, 5) is 14.5. The molecule has 1 aliphatic heterocycles. The fourth-order valence-electron chi connectivity index (χ4n) is 3.04. The van der Waals surface area contributed by atoms with E-state index in [0.717, 1.165) is 44.0 Å². The van der Waals surface area contributed by atoms with Crippen molar-refractivity contribution in [1.29, 1.82) is 0 Å². The van der Waals surface area contributed by atoms with E-state index in [4.69, 9.17) is 16.3 Å². The van der Waals surface area contributed by atoms with Crippen LogP contribution in [0.5, 0.6) is 0 Å². The van der Waals surface area contributed by atoms with Gasteiger partial charge in [-0.15, -0.1) is 0 Å². The highest BCUT2D eigenvalue weighted by Gasteiger charge is 2.11. The van der Waals surface area contributed by atoms with Gasteiger partial charge < -0.3 is 15.4 Å². The Morgan fingerprint density at radius 2 is 1.70 bits per heavy atom. The van der Waals surface area contributed by atoms with E-state index in [1.54, 1.807) is 0 Å². The Balaban J connectivity index is 1.43. The summed E-state index contributed by atoms with van der Waals surface area (Å²) < 4.78 is 5.38. The van der Waals surface area contributed by atoms with Crippen LogP contribution in [0, 0.1) is 0 Å². The quantitative estimate of drug-likeness (QED) is 0.794. The number of hydrogen-bond acceptors (Lipinski definition) is 3. The van der Waals surface area contributed by atoms with E-state index in [2.05, 4.69) is 39.8 Å². The zero-order valence-electron chi connectivity index (χ0n) is 15.6. The highest BCUT2D eigenvalue weighted by atomic mass is 35.5. The third kappa shape index (κ3) is 6.24. The van der Waals surface area contributed by atoms with E-state index in [9.17, 15) is 4.79 Å². The number of ether oxygens (including phenoxy) is 1. The molecule has 1 aliphatic rings. The monoisotopic (exact) mass is 387 g/mol. The second-order valence-electron chi connectivity index (χ2n) is 6.81. The van der Waals surface area contributed by atoms with Gasteiger partial charge in [0.25, 0.3) is 0 Å². The first kappa shape index (κ1) is 19.7. The Labute approximate surface area is 165 Å². The minimum Gasteiger partial charge on any atom is -0.379 e. The number of urea groups is 1. The summed E-state index contributed by atoms with van der Waals surface area (Å²) in [5.41, 5.74) is 3.37. The molecule has 2 aromatic carbocycles. The lowest BCUT2D eigenvalue weighted by Crippen LogP contribution is -2.36. The molecular weight excluding hydrogens is 362 g/mol. The number of rotatable bonds is 6. The predicted octanol–water partition coefficient (Wildman–Crippen LogP) is 3.73. The molecule has 6 heteroatoms. The minimum absolute atomic E-state index is 0.0850. The maximum absolute atomic E-state index is 12.1. The summed E-state index contributed by atoms with van der Waals surface area (Å²) in [5.74, 6) is 0. The van der Waals surface area contributed by atoms with Gasteiger partial charge in [-0.1, -0.05) is 48.0 Å². The van der Waals surface area contributed by atoms with Gasteiger partial charge in [-0.05, 0) is 35.7 Å². The first-order valence-corrected chi connectivity index (χ1v) is 9.66. The van der Waals surface area contributed by atoms with Crippen LogP contribution in [0.15, 0.2) is 48.5 Å². The molecule has 1 saturated heterocycles. The van der Waals surface area contributed by atoms with Crippen LogP contribution in [0.3, 0.4) is 0 Å². The number of halogens is 1. The van der Waals surface area contributed by atoms with Gasteiger partial charge in [0.2, 0.25) is 0 Å². The molecule has 2 aromatic rings. The molecule has 0 saturated carbocycles. The summed E-state index contributed by atoms with van der Waals surface area (Å²) in [7, 11) is 0. The van der Waals surface area contributed by atoms with Gasteiger partial charge in [-0.25, -0.2) is 4.79 Å². The molecule has 1 fully saturated rings. The smallest absolute Gasteiger partial charge is 0.315 e. The van der Waals surface area contributed by atoms with Gasteiger partial charge in [-0.3, -0.25) is 4.90 Å². The lowest BCUT2D eigenvalue weighted by Gasteiger charge is -2.26. The number of nitrogens with one attached hydrogen (secondary N) is 2. The summed E-state index contributed by atoms with van der Waals surface area (Å²) >= 11 is 5.90. The standard InChI is InChI=1S/C21H26ClN3O2/c1-16(19-6-8-20(22)9-7-19)24-21(26)23-14-17-2-4-18(5-3-17)15-25-10-12-27-13-11-25/h2-9,16H,10-15H2,1H3,(H2,23,24,26)/t16-/m1/s1. The van der Waals surface area contributed by atoms with Crippen molar-refractivity contribution in [2.45, 2.75) is 26.1 Å². The molecule has 3 rings (SSSR count). The molecule has 0 aromatic heterocycles. The Morgan fingerprint density at radius 3 is 2.37 bits per heavy atom. The highest BCUT2D eigenvalue weighted by Crippen LogP contribution is 2.16. The molecule has 0 aliphatic carbocycles. The number of carbonyl (C=O) groups is 1. The average molecular weight is 388 g/mol. The van der Waals surface area contributed by atoms with Crippen LogP contribution >= 0.6 is 11.6 Å². The predicted molar refractivity (Wildman–Crippen MR) is 108 cm³/mol. The number of amides is 2. The zero-order valence-corrected chi connectivity index (χ0v) is 16.3. The van der Waals surface area contributed by atoms with Gasteiger partial charge >= 0.3 is 6.03 Å². The van der Waals surface area contributed by atoms with Crippen LogP contribution in [0.1, 0.15) is 29.7 Å². The number of morpholine rings is 1. The molecule has 5 nitrogen and oxygen atoms in total. The van der Waals surface area contributed by atoms with E-state index in [1.165, 1.54) is 5.56 Å². The highest BCUT2D eigenvalue weighted by molar-refractivity contribution is 6.30. The van der Waals surface area contributed by atoms with Crippen molar-refractivity contribution in [2.24, 2.45) is 0 Å². The Kier molecular flexibility index (Phi) is 7.10. The van der Waals surface area contributed by atoms with Crippen molar-refractivity contribution < 1.29 is 9.53 Å². The molecule has 0 spiro atoms. The van der Waals surface area contributed by atoms with Gasteiger partial charge in [-0.2, -0.15) is 0 Å². The maximum Gasteiger partial charge on any atom is 0.315 e. The van der Waals surface area contributed by atoms with E-state index in [-0.39, 0.29) is 12.1 Å². The summed E-state index contributed by atoms with van der Waals surface area (Å²) in [6.45, 7) is 6.97. The van der Waals surface area contributed by atoms with Gasteiger partial charge in [0.1, 0.15) is 0 Å². The van der Waals surface area contributed by atoms with Crippen molar-refractivity contribution in [3.05, 3.63) is 70.2 Å². The largest absolute Gasteiger partial charge is 0.379 e. The lowest BCUT2D eigenvalue weighted by molar-refractivity contribution is 0.0342. The molecule has 0 radical (unpaired) electrons. The normalized spacial score (nSPS) is 15.9. The number of benzene rings is 2. The zero-order chi connectivity index (χ0) is 19.1.